The SMILES string of the molecule is C[C@H](OC(=O)COc1ccc(Br)cc1Cl)C(=O)Nc1ccccc1. The molecule has 7 heteroatoms. The summed E-state index contributed by atoms with van der Waals surface area (Å²) < 4.78 is 11.1. The van der Waals surface area contributed by atoms with E-state index in [1.807, 2.05) is 6.07 Å². The molecule has 0 fully saturated rings. The highest BCUT2D eigenvalue weighted by molar-refractivity contribution is 9.10. The van der Waals surface area contributed by atoms with Crippen LogP contribution in [0.3, 0.4) is 0 Å². The summed E-state index contributed by atoms with van der Waals surface area (Å²) in [5.74, 6) is -0.723. The van der Waals surface area contributed by atoms with Gasteiger partial charge in [-0.3, -0.25) is 4.79 Å². The molecule has 2 rings (SSSR count). The van der Waals surface area contributed by atoms with Crippen LogP contribution >= 0.6 is 27.5 Å². The first-order valence-electron chi connectivity index (χ1n) is 7.09. The topological polar surface area (TPSA) is 64.6 Å². The van der Waals surface area contributed by atoms with E-state index in [0.717, 1.165) is 4.47 Å². The fourth-order valence-corrected chi connectivity index (χ4v) is 2.51. The van der Waals surface area contributed by atoms with E-state index in [1.165, 1.54) is 6.92 Å². The maximum Gasteiger partial charge on any atom is 0.344 e. The second-order valence-corrected chi connectivity index (χ2v) is 6.17. The summed E-state index contributed by atoms with van der Waals surface area (Å²) in [6, 6.07) is 13.9. The standard InChI is InChI=1S/C17H15BrClNO4/c1-11(17(22)20-13-5-3-2-4-6-13)24-16(21)10-23-15-8-7-12(18)9-14(15)19/h2-9,11H,10H2,1H3,(H,20,22)/t11-/m0/s1. The van der Waals surface area contributed by atoms with Crippen LogP contribution in [0.1, 0.15) is 6.92 Å². The van der Waals surface area contributed by atoms with Gasteiger partial charge in [-0.05, 0) is 37.3 Å². The molecule has 24 heavy (non-hydrogen) atoms. The second-order valence-electron chi connectivity index (χ2n) is 4.85. The predicted molar refractivity (Wildman–Crippen MR) is 95.3 cm³/mol. The summed E-state index contributed by atoms with van der Waals surface area (Å²) in [7, 11) is 0. The van der Waals surface area contributed by atoms with Gasteiger partial charge in [0.25, 0.3) is 5.91 Å². The largest absolute Gasteiger partial charge is 0.480 e. The number of benzene rings is 2. The van der Waals surface area contributed by atoms with Gasteiger partial charge in [0.2, 0.25) is 0 Å². The van der Waals surface area contributed by atoms with Crippen LogP contribution in [0.5, 0.6) is 5.75 Å². The Bertz CT molecular complexity index is 724. The van der Waals surface area contributed by atoms with E-state index in [1.54, 1.807) is 42.5 Å². The van der Waals surface area contributed by atoms with Crippen molar-refractivity contribution in [2.45, 2.75) is 13.0 Å². The van der Waals surface area contributed by atoms with Gasteiger partial charge in [0.15, 0.2) is 12.7 Å². The summed E-state index contributed by atoms with van der Waals surface area (Å²) in [6.45, 7) is 1.15. The third-order valence-electron chi connectivity index (χ3n) is 2.96. The van der Waals surface area contributed by atoms with Crippen LogP contribution in [0, 0.1) is 0 Å². The van der Waals surface area contributed by atoms with Crippen molar-refractivity contribution in [2.24, 2.45) is 0 Å². The minimum atomic E-state index is -0.943. The number of anilines is 1. The number of ether oxygens (including phenoxy) is 2. The first-order chi connectivity index (χ1) is 11.5. The average Bonchev–Trinajstić information content (AvgIpc) is 2.55. The molecule has 0 saturated carbocycles. The third kappa shape index (κ3) is 5.54. The molecule has 0 radical (unpaired) electrons. The molecule has 0 aromatic heterocycles. The predicted octanol–water partition coefficient (Wildman–Crippen LogP) is 4.05. The first-order valence-corrected chi connectivity index (χ1v) is 8.26. The molecule has 0 spiro atoms. The minimum Gasteiger partial charge on any atom is -0.480 e. The minimum absolute atomic E-state index is 0.343. The quantitative estimate of drug-likeness (QED) is 0.727. The Morgan fingerprint density at radius 3 is 2.58 bits per heavy atom. The van der Waals surface area contributed by atoms with Gasteiger partial charge in [0, 0.05) is 10.2 Å². The van der Waals surface area contributed by atoms with Crippen molar-refractivity contribution in [3.8, 4) is 5.75 Å². The second kappa shape index (κ2) is 8.70. The normalized spacial score (nSPS) is 11.5. The van der Waals surface area contributed by atoms with E-state index in [0.29, 0.717) is 16.5 Å². The molecule has 0 aliphatic rings. The molecule has 1 N–H and O–H groups in total. The fourth-order valence-electron chi connectivity index (χ4n) is 1.78. The molecule has 0 unspecified atom stereocenters. The molecule has 2 aromatic rings. The number of halogens is 2. The van der Waals surface area contributed by atoms with E-state index in [4.69, 9.17) is 21.1 Å². The van der Waals surface area contributed by atoms with Crippen LogP contribution in [-0.4, -0.2) is 24.6 Å². The van der Waals surface area contributed by atoms with Crippen LogP contribution in [0.4, 0.5) is 5.69 Å². The molecule has 0 aliphatic carbocycles. The highest BCUT2D eigenvalue weighted by Gasteiger charge is 2.18. The summed E-state index contributed by atoms with van der Waals surface area (Å²) in [5, 5.41) is 3.02. The number of carbonyl (C=O) groups is 2. The lowest BCUT2D eigenvalue weighted by Gasteiger charge is -2.14. The summed E-state index contributed by atoms with van der Waals surface area (Å²) in [5.41, 5.74) is 0.628. The van der Waals surface area contributed by atoms with Crippen molar-refractivity contribution < 1.29 is 19.1 Å². The molecule has 0 aliphatic heterocycles. The number of para-hydroxylation sites is 1. The van der Waals surface area contributed by atoms with E-state index in [2.05, 4.69) is 21.2 Å². The summed E-state index contributed by atoms with van der Waals surface area (Å²) >= 11 is 9.26. The van der Waals surface area contributed by atoms with Crippen molar-refractivity contribution in [3.63, 3.8) is 0 Å². The zero-order valence-electron chi connectivity index (χ0n) is 12.8. The van der Waals surface area contributed by atoms with E-state index in [9.17, 15) is 9.59 Å². The van der Waals surface area contributed by atoms with Crippen LogP contribution in [0.15, 0.2) is 53.0 Å². The Labute approximate surface area is 153 Å². The number of nitrogens with one attached hydrogen (secondary N) is 1. The van der Waals surface area contributed by atoms with Crippen molar-refractivity contribution in [1.82, 2.24) is 0 Å². The molecule has 126 valence electrons. The maximum atomic E-state index is 12.0. The summed E-state index contributed by atoms with van der Waals surface area (Å²) in [6.07, 6.45) is -0.943. The van der Waals surface area contributed by atoms with Crippen LogP contribution < -0.4 is 10.1 Å². The van der Waals surface area contributed by atoms with E-state index < -0.39 is 18.0 Å². The van der Waals surface area contributed by atoms with Gasteiger partial charge >= 0.3 is 5.97 Å². The molecule has 0 heterocycles. The Hall–Kier alpha value is -2.05. The Balaban J connectivity index is 1.81. The fraction of sp³-hybridized carbons (Fsp3) is 0.176. The third-order valence-corrected chi connectivity index (χ3v) is 3.75. The number of hydrogen-bond donors (Lipinski definition) is 1. The molecule has 5 nitrogen and oxygen atoms in total. The van der Waals surface area contributed by atoms with Gasteiger partial charge in [-0.2, -0.15) is 0 Å². The molecule has 0 bridgehead atoms. The lowest BCUT2D eigenvalue weighted by atomic mass is 10.3. The zero-order valence-corrected chi connectivity index (χ0v) is 15.1. The molecular formula is C17H15BrClNO4. The van der Waals surface area contributed by atoms with Gasteiger partial charge in [-0.25, -0.2) is 4.79 Å². The van der Waals surface area contributed by atoms with Crippen molar-refractivity contribution in [1.29, 1.82) is 0 Å². The zero-order chi connectivity index (χ0) is 17.5. The Kier molecular flexibility index (Phi) is 6.63. The Morgan fingerprint density at radius 1 is 1.21 bits per heavy atom. The number of esters is 1. The lowest BCUT2D eigenvalue weighted by Crippen LogP contribution is -2.31. The number of amides is 1. The maximum absolute atomic E-state index is 12.0. The number of rotatable bonds is 6. The first kappa shape index (κ1) is 18.3. The van der Waals surface area contributed by atoms with Crippen molar-refractivity contribution >= 4 is 45.1 Å². The highest BCUT2D eigenvalue weighted by atomic mass is 79.9. The summed E-state index contributed by atoms with van der Waals surface area (Å²) in [4.78, 5) is 23.7. The molecule has 1 atom stereocenters. The van der Waals surface area contributed by atoms with Gasteiger partial charge in [-0.15, -0.1) is 0 Å². The van der Waals surface area contributed by atoms with Gasteiger partial charge in [0.1, 0.15) is 5.75 Å². The number of hydrogen-bond acceptors (Lipinski definition) is 4. The van der Waals surface area contributed by atoms with Crippen LogP contribution in [-0.2, 0) is 14.3 Å². The smallest absolute Gasteiger partial charge is 0.344 e. The molecular weight excluding hydrogens is 398 g/mol. The number of carbonyl (C=O) groups excluding carboxylic acids is 2. The highest BCUT2D eigenvalue weighted by Crippen LogP contribution is 2.27. The van der Waals surface area contributed by atoms with Crippen molar-refractivity contribution in [2.75, 3.05) is 11.9 Å². The van der Waals surface area contributed by atoms with Gasteiger partial charge in [-0.1, -0.05) is 45.7 Å². The monoisotopic (exact) mass is 411 g/mol. The molecule has 2 aromatic carbocycles. The van der Waals surface area contributed by atoms with Gasteiger partial charge in [0.05, 0.1) is 5.02 Å². The van der Waals surface area contributed by atoms with Gasteiger partial charge < -0.3 is 14.8 Å². The lowest BCUT2D eigenvalue weighted by molar-refractivity contribution is -0.155. The molecule has 0 saturated heterocycles. The van der Waals surface area contributed by atoms with E-state index >= 15 is 0 Å². The van der Waals surface area contributed by atoms with Crippen LogP contribution in [0.2, 0.25) is 5.02 Å². The van der Waals surface area contributed by atoms with Crippen molar-refractivity contribution in [3.05, 3.63) is 58.0 Å². The molecule has 1 amide bonds. The average molecular weight is 413 g/mol. The Morgan fingerprint density at radius 2 is 1.92 bits per heavy atom. The van der Waals surface area contributed by atoms with E-state index in [-0.39, 0.29) is 6.61 Å². The van der Waals surface area contributed by atoms with Crippen LogP contribution in [0.25, 0.3) is 0 Å².